The minimum atomic E-state index is -0.761. The molecule has 0 aliphatic carbocycles. The van der Waals surface area contributed by atoms with Crippen LogP contribution >= 0.6 is 0 Å². The summed E-state index contributed by atoms with van der Waals surface area (Å²) in [4.78, 5) is 23.2. The number of carbonyl (C=O) groups excluding carboxylic acids is 2. The van der Waals surface area contributed by atoms with Crippen LogP contribution in [0.2, 0.25) is 0 Å². The highest BCUT2D eigenvalue weighted by Crippen LogP contribution is 2.22. The molecule has 0 aromatic heterocycles. The van der Waals surface area contributed by atoms with Gasteiger partial charge in [-0.1, -0.05) is 42.5 Å². The third-order valence-electron chi connectivity index (χ3n) is 3.16. The van der Waals surface area contributed by atoms with Gasteiger partial charge in [-0.05, 0) is 23.3 Å². The number of rotatable bonds is 5. The molecule has 5 nitrogen and oxygen atoms in total. The minimum absolute atomic E-state index is 0.208. The number of nitrogens with one attached hydrogen (secondary N) is 1. The van der Waals surface area contributed by atoms with Gasteiger partial charge in [-0.25, -0.2) is 9.59 Å². The summed E-state index contributed by atoms with van der Waals surface area (Å²) >= 11 is 0. The van der Waals surface area contributed by atoms with Crippen LogP contribution in [0.1, 0.15) is 0 Å². The van der Waals surface area contributed by atoms with Crippen LogP contribution in [0, 0.1) is 0 Å². The Bertz CT molecular complexity index is 705. The number of methoxy groups -OCH3 is 2. The average molecular weight is 311 g/mol. The van der Waals surface area contributed by atoms with Crippen molar-refractivity contribution < 1.29 is 19.1 Å². The van der Waals surface area contributed by atoms with Crippen LogP contribution in [0.3, 0.4) is 0 Å². The number of hydrogen-bond acceptors (Lipinski definition) is 5. The zero-order chi connectivity index (χ0) is 16.7. The Morgan fingerprint density at radius 2 is 1.48 bits per heavy atom. The first-order chi connectivity index (χ1) is 11.2. The number of anilines is 1. The largest absolute Gasteiger partial charge is 0.465 e. The first-order valence-electron chi connectivity index (χ1n) is 6.94. The van der Waals surface area contributed by atoms with Crippen molar-refractivity contribution >= 4 is 17.6 Å². The molecule has 0 spiro atoms. The van der Waals surface area contributed by atoms with Crippen molar-refractivity contribution in [2.75, 3.05) is 19.5 Å². The molecule has 0 fully saturated rings. The van der Waals surface area contributed by atoms with Crippen LogP contribution in [0.15, 0.2) is 66.4 Å². The quantitative estimate of drug-likeness (QED) is 0.398. The van der Waals surface area contributed by atoms with E-state index in [-0.39, 0.29) is 5.57 Å². The molecule has 5 heteroatoms. The fraction of sp³-hybridized carbons (Fsp3) is 0.111. The van der Waals surface area contributed by atoms with E-state index < -0.39 is 11.9 Å². The number of ether oxygens (including phenoxy) is 2. The van der Waals surface area contributed by atoms with Gasteiger partial charge in [-0.3, -0.25) is 0 Å². The third-order valence-corrected chi connectivity index (χ3v) is 3.16. The molecular weight excluding hydrogens is 294 g/mol. The lowest BCUT2D eigenvalue weighted by Crippen LogP contribution is -2.17. The molecule has 0 aliphatic heterocycles. The predicted octanol–water partition coefficient (Wildman–Crippen LogP) is 3.00. The van der Waals surface area contributed by atoms with E-state index in [1.807, 2.05) is 54.6 Å². The average Bonchev–Trinajstić information content (AvgIpc) is 2.62. The number of hydrogen-bond donors (Lipinski definition) is 1. The van der Waals surface area contributed by atoms with E-state index >= 15 is 0 Å². The highest BCUT2D eigenvalue weighted by Gasteiger charge is 2.19. The first-order valence-corrected chi connectivity index (χ1v) is 6.94. The van der Waals surface area contributed by atoms with Gasteiger partial charge in [0.1, 0.15) is 0 Å². The van der Waals surface area contributed by atoms with Crippen LogP contribution < -0.4 is 5.32 Å². The summed E-state index contributed by atoms with van der Waals surface area (Å²) in [5.74, 6) is -1.52. The molecule has 2 rings (SSSR count). The molecule has 0 unspecified atom stereocenters. The predicted molar refractivity (Wildman–Crippen MR) is 87.6 cm³/mol. The second-order valence-corrected chi connectivity index (χ2v) is 4.63. The van der Waals surface area contributed by atoms with E-state index in [1.54, 1.807) is 0 Å². The van der Waals surface area contributed by atoms with Gasteiger partial charge < -0.3 is 14.8 Å². The third kappa shape index (κ3) is 4.20. The maximum absolute atomic E-state index is 11.6. The zero-order valence-corrected chi connectivity index (χ0v) is 12.9. The molecule has 0 saturated heterocycles. The van der Waals surface area contributed by atoms with Crippen molar-refractivity contribution in [1.82, 2.24) is 0 Å². The fourth-order valence-electron chi connectivity index (χ4n) is 2.00. The number of benzene rings is 2. The van der Waals surface area contributed by atoms with E-state index in [2.05, 4.69) is 14.8 Å². The van der Waals surface area contributed by atoms with Gasteiger partial charge in [-0.15, -0.1) is 0 Å². The fourth-order valence-corrected chi connectivity index (χ4v) is 2.00. The molecule has 118 valence electrons. The zero-order valence-electron chi connectivity index (χ0n) is 12.9. The highest BCUT2D eigenvalue weighted by molar-refractivity contribution is 6.14. The molecular formula is C18H17NO4. The minimum Gasteiger partial charge on any atom is -0.465 e. The molecule has 0 amide bonds. The molecule has 2 aromatic rings. The Hall–Kier alpha value is -3.08. The molecule has 2 aromatic carbocycles. The van der Waals surface area contributed by atoms with Crippen molar-refractivity contribution in [3.63, 3.8) is 0 Å². The molecule has 0 atom stereocenters. The van der Waals surface area contributed by atoms with E-state index in [0.29, 0.717) is 0 Å². The van der Waals surface area contributed by atoms with Gasteiger partial charge in [-0.2, -0.15) is 0 Å². The van der Waals surface area contributed by atoms with Crippen LogP contribution in [-0.4, -0.2) is 26.2 Å². The SMILES string of the molecule is COC(=O)C(=CNc1cccc(-c2ccccc2)c1)C(=O)OC. The second-order valence-electron chi connectivity index (χ2n) is 4.63. The Morgan fingerprint density at radius 1 is 0.870 bits per heavy atom. The first kappa shape index (κ1) is 16.3. The lowest BCUT2D eigenvalue weighted by atomic mass is 10.1. The second kappa shape index (κ2) is 7.79. The summed E-state index contributed by atoms with van der Waals surface area (Å²) in [6, 6.07) is 17.5. The monoisotopic (exact) mass is 311 g/mol. The van der Waals surface area contributed by atoms with Crippen molar-refractivity contribution in [2.45, 2.75) is 0 Å². The van der Waals surface area contributed by atoms with Crippen LogP contribution in [0.25, 0.3) is 11.1 Å². The van der Waals surface area contributed by atoms with Gasteiger partial charge in [0.15, 0.2) is 5.57 Å². The molecule has 0 radical (unpaired) electrons. The number of carbonyl (C=O) groups is 2. The normalized spacial score (nSPS) is 9.65. The van der Waals surface area contributed by atoms with Crippen molar-refractivity contribution in [1.29, 1.82) is 0 Å². The van der Waals surface area contributed by atoms with E-state index in [1.165, 1.54) is 20.4 Å². The Morgan fingerprint density at radius 3 is 2.09 bits per heavy atom. The van der Waals surface area contributed by atoms with E-state index in [9.17, 15) is 9.59 Å². The van der Waals surface area contributed by atoms with Crippen molar-refractivity contribution in [3.05, 3.63) is 66.4 Å². The molecule has 0 saturated carbocycles. The summed E-state index contributed by atoms with van der Waals surface area (Å²) in [6.45, 7) is 0. The van der Waals surface area contributed by atoms with Gasteiger partial charge in [0.05, 0.1) is 14.2 Å². The topological polar surface area (TPSA) is 64.6 Å². The maximum Gasteiger partial charge on any atom is 0.346 e. The Labute approximate surface area is 134 Å². The molecule has 0 aliphatic rings. The molecule has 23 heavy (non-hydrogen) atoms. The molecule has 0 bridgehead atoms. The lowest BCUT2D eigenvalue weighted by molar-refractivity contribution is -0.144. The lowest BCUT2D eigenvalue weighted by Gasteiger charge is -2.07. The number of esters is 2. The smallest absolute Gasteiger partial charge is 0.346 e. The van der Waals surface area contributed by atoms with Crippen molar-refractivity contribution in [2.24, 2.45) is 0 Å². The maximum atomic E-state index is 11.6. The highest BCUT2D eigenvalue weighted by atomic mass is 16.5. The molecule has 0 heterocycles. The standard InChI is InChI=1S/C18H17NO4/c1-22-17(20)16(18(21)23-2)12-19-15-10-6-9-14(11-15)13-7-4-3-5-8-13/h3-12,19H,1-2H3. The van der Waals surface area contributed by atoms with Gasteiger partial charge in [0.2, 0.25) is 0 Å². The van der Waals surface area contributed by atoms with E-state index in [4.69, 9.17) is 0 Å². The van der Waals surface area contributed by atoms with Crippen LogP contribution in [0.4, 0.5) is 5.69 Å². The molecule has 1 N–H and O–H groups in total. The Balaban J connectivity index is 2.24. The van der Waals surface area contributed by atoms with Gasteiger partial charge >= 0.3 is 11.9 Å². The summed E-state index contributed by atoms with van der Waals surface area (Å²) in [5, 5.41) is 2.92. The summed E-state index contributed by atoms with van der Waals surface area (Å²) in [6.07, 6.45) is 1.28. The van der Waals surface area contributed by atoms with Crippen LogP contribution in [0.5, 0.6) is 0 Å². The van der Waals surface area contributed by atoms with Gasteiger partial charge in [0, 0.05) is 11.9 Å². The van der Waals surface area contributed by atoms with Gasteiger partial charge in [0.25, 0.3) is 0 Å². The van der Waals surface area contributed by atoms with Crippen molar-refractivity contribution in [3.8, 4) is 11.1 Å². The summed E-state index contributed by atoms with van der Waals surface area (Å²) < 4.78 is 9.14. The van der Waals surface area contributed by atoms with E-state index in [0.717, 1.165) is 16.8 Å². The van der Waals surface area contributed by atoms with Crippen LogP contribution in [-0.2, 0) is 19.1 Å². The summed E-state index contributed by atoms with van der Waals surface area (Å²) in [5.41, 5.74) is 2.61. The Kier molecular flexibility index (Phi) is 5.52. The summed E-state index contributed by atoms with van der Waals surface area (Å²) in [7, 11) is 2.41.